The summed E-state index contributed by atoms with van der Waals surface area (Å²) < 4.78 is 5.93. The second-order valence-electron chi connectivity index (χ2n) is 6.01. The van der Waals surface area contributed by atoms with E-state index in [2.05, 4.69) is 30.5 Å². The lowest BCUT2D eigenvalue weighted by molar-refractivity contribution is -0.0730. The molecule has 4 heteroatoms. The number of ether oxygens (including phenoxy) is 1. The molecule has 0 aromatic heterocycles. The van der Waals surface area contributed by atoms with Gasteiger partial charge in [0.25, 0.3) is 0 Å². The van der Waals surface area contributed by atoms with Gasteiger partial charge in [-0.05, 0) is 25.7 Å². The standard InChI is InChI=1S/C15H30N2OS/c1-3-5-13-10-15(12-16,6-8-18-13)17-7-9-19-14(4-2)11-17/h13-14H,3-12,16H2,1-2H3. The van der Waals surface area contributed by atoms with Crippen LogP contribution >= 0.6 is 11.8 Å². The molecular formula is C15H30N2OS. The Bertz CT molecular complexity index is 275. The molecule has 2 heterocycles. The largest absolute Gasteiger partial charge is 0.378 e. The number of hydrogen-bond donors (Lipinski definition) is 1. The van der Waals surface area contributed by atoms with Crippen molar-refractivity contribution in [2.45, 2.75) is 62.8 Å². The van der Waals surface area contributed by atoms with Gasteiger partial charge < -0.3 is 10.5 Å². The molecule has 0 saturated carbocycles. The van der Waals surface area contributed by atoms with E-state index >= 15 is 0 Å². The normalized spacial score (nSPS) is 37.4. The highest BCUT2D eigenvalue weighted by molar-refractivity contribution is 8.00. The number of nitrogens with two attached hydrogens (primary N) is 1. The Morgan fingerprint density at radius 1 is 1.42 bits per heavy atom. The predicted molar refractivity (Wildman–Crippen MR) is 83.8 cm³/mol. The summed E-state index contributed by atoms with van der Waals surface area (Å²) in [5, 5.41) is 0.796. The molecule has 3 nitrogen and oxygen atoms in total. The first-order chi connectivity index (χ1) is 9.24. The molecule has 3 atom stereocenters. The fourth-order valence-corrected chi connectivity index (χ4v) is 4.69. The lowest BCUT2D eigenvalue weighted by Crippen LogP contribution is -2.61. The molecule has 2 rings (SSSR count). The molecule has 2 N–H and O–H groups in total. The van der Waals surface area contributed by atoms with Crippen molar-refractivity contribution in [3.05, 3.63) is 0 Å². The first kappa shape index (κ1) is 15.6. The van der Waals surface area contributed by atoms with Crippen molar-refractivity contribution in [2.24, 2.45) is 5.73 Å². The maximum atomic E-state index is 6.21. The van der Waals surface area contributed by atoms with Crippen LogP contribution in [0, 0.1) is 0 Å². The maximum Gasteiger partial charge on any atom is 0.0593 e. The van der Waals surface area contributed by atoms with E-state index in [9.17, 15) is 0 Å². The zero-order valence-corrected chi connectivity index (χ0v) is 13.4. The number of thioether (sulfide) groups is 1. The van der Waals surface area contributed by atoms with Crippen molar-refractivity contribution in [1.82, 2.24) is 4.90 Å². The fourth-order valence-electron chi connectivity index (χ4n) is 3.51. The molecule has 2 aliphatic heterocycles. The Morgan fingerprint density at radius 2 is 2.26 bits per heavy atom. The van der Waals surface area contributed by atoms with Gasteiger partial charge in [-0.15, -0.1) is 0 Å². The van der Waals surface area contributed by atoms with Gasteiger partial charge in [-0.25, -0.2) is 0 Å². The van der Waals surface area contributed by atoms with Gasteiger partial charge in [0.15, 0.2) is 0 Å². The van der Waals surface area contributed by atoms with Crippen LogP contribution in [0.4, 0.5) is 0 Å². The number of rotatable bonds is 5. The van der Waals surface area contributed by atoms with Crippen LogP contribution in [-0.4, -0.2) is 53.8 Å². The van der Waals surface area contributed by atoms with Crippen molar-refractivity contribution < 1.29 is 4.74 Å². The summed E-state index contributed by atoms with van der Waals surface area (Å²) in [7, 11) is 0. The molecule has 19 heavy (non-hydrogen) atoms. The van der Waals surface area contributed by atoms with Crippen molar-refractivity contribution >= 4 is 11.8 Å². The second-order valence-corrected chi connectivity index (χ2v) is 7.42. The summed E-state index contributed by atoms with van der Waals surface area (Å²) in [4.78, 5) is 2.70. The van der Waals surface area contributed by atoms with E-state index in [1.165, 1.54) is 38.1 Å². The average molecular weight is 286 g/mol. The molecule has 0 aliphatic carbocycles. The zero-order valence-electron chi connectivity index (χ0n) is 12.6. The van der Waals surface area contributed by atoms with Crippen molar-refractivity contribution in [3.8, 4) is 0 Å². The average Bonchev–Trinajstić information content (AvgIpc) is 2.48. The molecule has 2 saturated heterocycles. The summed E-state index contributed by atoms with van der Waals surface area (Å²) in [6, 6.07) is 0. The Balaban J connectivity index is 2.03. The fraction of sp³-hybridized carbons (Fsp3) is 1.00. The van der Waals surface area contributed by atoms with E-state index < -0.39 is 0 Å². The molecular weight excluding hydrogens is 256 g/mol. The number of hydrogen-bond acceptors (Lipinski definition) is 4. The van der Waals surface area contributed by atoms with E-state index in [0.29, 0.717) is 6.10 Å². The molecule has 112 valence electrons. The van der Waals surface area contributed by atoms with Crippen LogP contribution in [0.2, 0.25) is 0 Å². The van der Waals surface area contributed by atoms with Gasteiger partial charge in [0.2, 0.25) is 0 Å². The minimum Gasteiger partial charge on any atom is -0.378 e. The lowest BCUT2D eigenvalue weighted by Gasteiger charge is -2.50. The minimum absolute atomic E-state index is 0.215. The summed E-state index contributed by atoms with van der Waals surface area (Å²) in [5.74, 6) is 1.26. The molecule has 0 bridgehead atoms. The van der Waals surface area contributed by atoms with Gasteiger partial charge in [0.05, 0.1) is 6.10 Å². The molecule has 0 aromatic rings. The first-order valence-electron chi connectivity index (χ1n) is 7.92. The minimum atomic E-state index is 0.215. The Morgan fingerprint density at radius 3 is 2.95 bits per heavy atom. The van der Waals surface area contributed by atoms with Crippen LogP contribution in [0.1, 0.15) is 46.0 Å². The van der Waals surface area contributed by atoms with E-state index in [-0.39, 0.29) is 5.54 Å². The molecule has 2 aliphatic rings. The Labute approximate surface area is 122 Å². The van der Waals surface area contributed by atoms with E-state index in [1.807, 2.05) is 0 Å². The summed E-state index contributed by atoms with van der Waals surface area (Å²) >= 11 is 2.14. The summed E-state index contributed by atoms with van der Waals surface area (Å²) in [6.07, 6.45) is 6.34. The predicted octanol–water partition coefficient (Wildman–Crippen LogP) is 2.49. The third-order valence-electron chi connectivity index (χ3n) is 4.78. The van der Waals surface area contributed by atoms with Crippen LogP contribution < -0.4 is 5.73 Å². The lowest BCUT2D eigenvalue weighted by atomic mass is 9.83. The van der Waals surface area contributed by atoms with E-state index in [1.54, 1.807) is 0 Å². The third kappa shape index (κ3) is 3.66. The summed E-state index contributed by atoms with van der Waals surface area (Å²) in [6.45, 7) is 8.65. The second kappa shape index (κ2) is 7.30. The van der Waals surface area contributed by atoms with Crippen molar-refractivity contribution in [3.63, 3.8) is 0 Å². The Kier molecular flexibility index (Phi) is 6.00. The molecule has 2 fully saturated rings. The van der Waals surface area contributed by atoms with Crippen LogP contribution in [0.3, 0.4) is 0 Å². The highest BCUT2D eigenvalue weighted by Crippen LogP contribution is 2.35. The van der Waals surface area contributed by atoms with E-state index in [4.69, 9.17) is 10.5 Å². The highest BCUT2D eigenvalue weighted by atomic mass is 32.2. The number of nitrogens with zero attached hydrogens (tertiary/aromatic N) is 1. The quantitative estimate of drug-likeness (QED) is 0.843. The first-order valence-corrected chi connectivity index (χ1v) is 8.97. The van der Waals surface area contributed by atoms with Gasteiger partial charge in [-0.3, -0.25) is 4.90 Å². The van der Waals surface area contributed by atoms with E-state index in [0.717, 1.165) is 31.2 Å². The summed E-state index contributed by atoms with van der Waals surface area (Å²) in [5.41, 5.74) is 6.43. The molecule has 0 amide bonds. The monoisotopic (exact) mass is 286 g/mol. The van der Waals surface area contributed by atoms with Crippen LogP contribution in [0.25, 0.3) is 0 Å². The smallest absolute Gasteiger partial charge is 0.0593 e. The maximum absolute atomic E-state index is 6.21. The SMILES string of the molecule is CCCC1CC(CN)(N2CCSC(CC)C2)CCO1. The molecule has 0 radical (unpaired) electrons. The van der Waals surface area contributed by atoms with Crippen LogP contribution in [0.5, 0.6) is 0 Å². The van der Waals surface area contributed by atoms with Gasteiger partial charge in [-0.1, -0.05) is 20.3 Å². The topological polar surface area (TPSA) is 38.5 Å². The van der Waals surface area contributed by atoms with Gasteiger partial charge in [0, 0.05) is 42.8 Å². The highest BCUT2D eigenvalue weighted by Gasteiger charge is 2.42. The van der Waals surface area contributed by atoms with Gasteiger partial charge in [-0.2, -0.15) is 11.8 Å². The zero-order chi connectivity index (χ0) is 13.7. The van der Waals surface area contributed by atoms with Crippen LogP contribution in [0.15, 0.2) is 0 Å². The molecule has 0 spiro atoms. The molecule has 0 aromatic carbocycles. The van der Waals surface area contributed by atoms with Gasteiger partial charge in [0.1, 0.15) is 0 Å². The van der Waals surface area contributed by atoms with Gasteiger partial charge >= 0.3 is 0 Å². The van der Waals surface area contributed by atoms with Crippen LogP contribution in [-0.2, 0) is 4.74 Å². The third-order valence-corrected chi connectivity index (χ3v) is 6.16. The molecule has 3 unspecified atom stereocenters. The van der Waals surface area contributed by atoms with Crippen molar-refractivity contribution in [1.29, 1.82) is 0 Å². The Hall–Kier alpha value is 0.230. The van der Waals surface area contributed by atoms with Crippen molar-refractivity contribution in [2.75, 3.05) is 32.0 Å².